The fourth-order valence-electron chi connectivity index (χ4n) is 3.81. The molecule has 0 aliphatic carbocycles. The number of likely N-dealkylation sites (tertiary alicyclic amines) is 1. The summed E-state index contributed by atoms with van der Waals surface area (Å²) >= 11 is 12.1. The van der Waals surface area contributed by atoms with Crippen molar-refractivity contribution < 1.29 is 23.8 Å². The fourth-order valence-corrected chi connectivity index (χ4v) is 4.13. The maximum Gasteiger partial charge on any atom is 0.340 e. The number of benzene rings is 2. The summed E-state index contributed by atoms with van der Waals surface area (Å²) in [4.78, 5) is 27.6. The smallest absolute Gasteiger partial charge is 0.340 e. The number of carbonyl (C=O) groups is 2. The van der Waals surface area contributed by atoms with Crippen LogP contribution in [0.15, 0.2) is 30.3 Å². The maximum absolute atomic E-state index is 13.1. The molecule has 2 aromatic carbocycles. The molecule has 1 N–H and O–H groups in total. The van der Waals surface area contributed by atoms with Gasteiger partial charge in [-0.1, -0.05) is 29.3 Å². The number of halogens is 2. The first-order valence-electron chi connectivity index (χ1n) is 10.2. The maximum atomic E-state index is 13.1. The van der Waals surface area contributed by atoms with Crippen LogP contribution >= 0.6 is 23.2 Å². The molecule has 9 heteroatoms. The van der Waals surface area contributed by atoms with Crippen molar-refractivity contribution in [1.29, 1.82) is 0 Å². The van der Waals surface area contributed by atoms with E-state index in [-0.39, 0.29) is 17.4 Å². The number of carbonyl (C=O) groups excluding carboxylic acids is 2. The largest absolute Gasteiger partial charge is 0.493 e. The zero-order valence-corrected chi connectivity index (χ0v) is 19.8. The third-order valence-corrected chi connectivity index (χ3v) is 6.19. The number of piperidine rings is 1. The molecule has 1 saturated heterocycles. The first kappa shape index (κ1) is 24.2. The summed E-state index contributed by atoms with van der Waals surface area (Å²) in [5, 5.41) is 3.91. The van der Waals surface area contributed by atoms with E-state index in [2.05, 4.69) is 10.2 Å². The minimum absolute atomic E-state index is 0.166. The summed E-state index contributed by atoms with van der Waals surface area (Å²) in [6.07, 6.45) is 1.64. The average Bonchev–Trinajstić information content (AvgIpc) is 2.80. The topological polar surface area (TPSA) is 77.1 Å². The van der Waals surface area contributed by atoms with Crippen LogP contribution < -0.4 is 14.8 Å². The second-order valence-corrected chi connectivity index (χ2v) is 8.37. The van der Waals surface area contributed by atoms with E-state index in [1.165, 1.54) is 27.4 Å². The van der Waals surface area contributed by atoms with Crippen molar-refractivity contribution in [2.24, 2.45) is 5.92 Å². The third kappa shape index (κ3) is 5.65. The predicted octanol–water partition coefficient (Wildman–Crippen LogP) is 4.65. The summed E-state index contributed by atoms with van der Waals surface area (Å²) < 4.78 is 15.4. The second kappa shape index (κ2) is 10.9. The van der Waals surface area contributed by atoms with Gasteiger partial charge in [-0.3, -0.25) is 9.69 Å². The fraction of sp³-hybridized carbons (Fsp3) is 0.391. The molecule has 1 unspecified atom stereocenters. The summed E-state index contributed by atoms with van der Waals surface area (Å²) in [5.74, 6) is -0.200. The van der Waals surface area contributed by atoms with E-state index in [1.807, 2.05) is 12.1 Å². The van der Waals surface area contributed by atoms with Crippen LogP contribution in [0.1, 0.15) is 28.8 Å². The highest BCUT2D eigenvalue weighted by molar-refractivity contribution is 6.42. The Morgan fingerprint density at radius 1 is 1.06 bits per heavy atom. The van der Waals surface area contributed by atoms with Crippen LogP contribution in [0, 0.1) is 5.92 Å². The Morgan fingerprint density at radius 2 is 1.78 bits per heavy atom. The van der Waals surface area contributed by atoms with Gasteiger partial charge in [0.1, 0.15) is 0 Å². The molecule has 1 aliphatic rings. The van der Waals surface area contributed by atoms with Crippen LogP contribution in [0.3, 0.4) is 0 Å². The van der Waals surface area contributed by atoms with E-state index in [4.69, 9.17) is 37.4 Å². The van der Waals surface area contributed by atoms with Crippen LogP contribution in [0.4, 0.5) is 5.69 Å². The molecule has 0 aromatic heterocycles. The second-order valence-electron chi connectivity index (χ2n) is 7.56. The van der Waals surface area contributed by atoms with E-state index < -0.39 is 5.97 Å². The van der Waals surface area contributed by atoms with E-state index in [9.17, 15) is 9.59 Å². The Morgan fingerprint density at radius 3 is 2.44 bits per heavy atom. The minimum Gasteiger partial charge on any atom is -0.493 e. The molecule has 1 aliphatic heterocycles. The molecule has 7 nitrogen and oxygen atoms in total. The molecule has 3 rings (SSSR count). The highest BCUT2D eigenvalue weighted by Gasteiger charge is 2.28. The van der Waals surface area contributed by atoms with Gasteiger partial charge >= 0.3 is 5.97 Å². The first-order chi connectivity index (χ1) is 15.4. The van der Waals surface area contributed by atoms with Crippen LogP contribution in [0.2, 0.25) is 10.0 Å². The van der Waals surface area contributed by atoms with Gasteiger partial charge in [-0.15, -0.1) is 0 Å². The molecule has 1 fully saturated rings. The van der Waals surface area contributed by atoms with Crippen molar-refractivity contribution in [2.75, 3.05) is 39.7 Å². The lowest BCUT2D eigenvalue weighted by Gasteiger charge is -2.32. The standard InChI is InChI=1S/C23H26Cl2N2O5/c1-30-20-10-16(23(29)32-3)19(11-21(20)31-2)26-22(28)15-5-4-8-27(13-15)12-14-6-7-17(24)18(25)9-14/h6-7,9-11,15H,4-5,8,12-13H2,1-3H3,(H,26,28). The molecule has 0 spiro atoms. The summed E-state index contributed by atoms with van der Waals surface area (Å²) in [5.41, 5.74) is 1.55. The number of amides is 1. The minimum atomic E-state index is -0.578. The normalized spacial score (nSPS) is 16.3. The van der Waals surface area contributed by atoms with E-state index >= 15 is 0 Å². The molecule has 1 heterocycles. The highest BCUT2D eigenvalue weighted by atomic mass is 35.5. The van der Waals surface area contributed by atoms with Crippen LogP contribution in [-0.4, -0.2) is 51.2 Å². The van der Waals surface area contributed by atoms with Crippen molar-refractivity contribution in [1.82, 2.24) is 4.90 Å². The van der Waals surface area contributed by atoms with Gasteiger partial charge < -0.3 is 19.5 Å². The number of nitrogens with one attached hydrogen (secondary N) is 1. The van der Waals surface area contributed by atoms with Crippen molar-refractivity contribution in [3.05, 3.63) is 51.5 Å². The monoisotopic (exact) mass is 480 g/mol. The molecule has 2 aromatic rings. The molecule has 172 valence electrons. The number of anilines is 1. The first-order valence-corrected chi connectivity index (χ1v) is 10.9. The number of esters is 1. The summed E-state index contributed by atoms with van der Waals surface area (Å²) in [7, 11) is 4.25. The highest BCUT2D eigenvalue weighted by Crippen LogP contribution is 2.34. The van der Waals surface area contributed by atoms with E-state index in [1.54, 1.807) is 12.1 Å². The van der Waals surface area contributed by atoms with Gasteiger partial charge in [0, 0.05) is 25.2 Å². The van der Waals surface area contributed by atoms with Crippen molar-refractivity contribution in [3.8, 4) is 11.5 Å². The number of hydrogen-bond donors (Lipinski definition) is 1. The number of nitrogens with zero attached hydrogens (tertiary/aromatic N) is 1. The van der Waals surface area contributed by atoms with Gasteiger partial charge in [0.15, 0.2) is 11.5 Å². The van der Waals surface area contributed by atoms with Gasteiger partial charge in [0.25, 0.3) is 0 Å². The predicted molar refractivity (Wildman–Crippen MR) is 124 cm³/mol. The molecular formula is C23H26Cl2N2O5. The SMILES string of the molecule is COC(=O)c1cc(OC)c(OC)cc1NC(=O)C1CCCN(Cc2ccc(Cl)c(Cl)c2)C1. The van der Waals surface area contributed by atoms with Gasteiger partial charge in [0.05, 0.1) is 48.5 Å². The Balaban J connectivity index is 1.74. The summed E-state index contributed by atoms with van der Waals surface area (Å²) in [6, 6.07) is 8.62. The Labute approximate surface area is 197 Å². The Kier molecular flexibility index (Phi) is 8.23. The van der Waals surface area contributed by atoms with E-state index in [0.717, 1.165) is 24.9 Å². The average molecular weight is 481 g/mol. The summed E-state index contributed by atoms with van der Waals surface area (Å²) in [6.45, 7) is 2.14. The van der Waals surface area contributed by atoms with Crippen LogP contribution in [-0.2, 0) is 16.1 Å². The molecule has 0 radical (unpaired) electrons. The zero-order valence-electron chi connectivity index (χ0n) is 18.2. The molecule has 1 atom stereocenters. The Hall–Kier alpha value is -2.48. The zero-order chi connectivity index (χ0) is 23.3. The molecule has 0 bridgehead atoms. The lowest BCUT2D eigenvalue weighted by molar-refractivity contribution is -0.121. The molecule has 1 amide bonds. The van der Waals surface area contributed by atoms with Crippen LogP contribution in [0.5, 0.6) is 11.5 Å². The van der Waals surface area contributed by atoms with Gasteiger partial charge in [-0.25, -0.2) is 4.79 Å². The number of methoxy groups -OCH3 is 3. The quantitative estimate of drug-likeness (QED) is 0.581. The van der Waals surface area contributed by atoms with Gasteiger partial charge in [-0.05, 0) is 37.1 Å². The number of rotatable bonds is 7. The molecule has 32 heavy (non-hydrogen) atoms. The van der Waals surface area contributed by atoms with Gasteiger partial charge in [-0.2, -0.15) is 0 Å². The number of hydrogen-bond acceptors (Lipinski definition) is 6. The molecule has 0 saturated carbocycles. The lowest BCUT2D eigenvalue weighted by atomic mass is 9.96. The lowest BCUT2D eigenvalue weighted by Crippen LogP contribution is -2.40. The third-order valence-electron chi connectivity index (χ3n) is 5.45. The number of ether oxygens (including phenoxy) is 3. The van der Waals surface area contributed by atoms with Gasteiger partial charge in [0.2, 0.25) is 5.91 Å². The van der Waals surface area contributed by atoms with Crippen molar-refractivity contribution in [3.63, 3.8) is 0 Å². The molecular weight excluding hydrogens is 455 g/mol. The van der Waals surface area contributed by atoms with Crippen molar-refractivity contribution >= 4 is 40.8 Å². The van der Waals surface area contributed by atoms with Crippen molar-refractivity contribution in [2.45, 2.75) is 19.4 Å². The Bertz CT molecular complexity index is 999. The van der Waals surface area contributed by atoms with E-state index in [0.29, 0.717) is 40.3 Å². The van der Waals surface area contributed by atoms with Crippen LogP contribution in [0.25, 0.3) is 0 Å².